The van der Waals surface area contributed by atoms with E-state index in [1.165, 1.54) is 0 Å². The minimum atomic E-state index is -0.171. The van der Waals surface area contributed by atoms with Crippen molar-refractivity contribution in [3.63, 3.8) is 0 Å². The second-order valence-electron chi connectivity index (χ2n) is 5.24. The standard InChI is InChI=1S/C20H16ClNO2/c1-24-17-11-9-16(10-12-17)22-20(23)19-8-3-2-7-18(19)14-5-4-6-15(21)13-14/h2-13H,1H3,(H,22,23). The lowest BCUT2D eigenvalue weighted by molar-refractivity contribution is 0.102. The van der Waals surface area contributed by atoms with Crippen LogP contribution in [0.3, 0.4) is 0 Å². The van der Waals surface area contributed by atoms with Gasteiger partial charge in [0, 0.05) is 16.3 Å². The first-order valence-electron chi connectivity index (χ1n) is 7.48. The smallest absolute Gasteiger partial charge is 0.256 e. The Morgan fingerprint density at radius 1 is 0.958 bits per heavy atom. The third-order valence-electron chi connectivity index (χ3n) is 3.66. The lowest BCUT2D eigenvalue weighted by Crippen LogP contribution is -2.13. The van der Waals surface area contributed by atoms with Gasteiger partial charge >= 0.3 is 0 Å². The van der Waals surface area contributed by atoms with Gasteiger partial charge in [-0.1, -0.05) is 41.9 Å². The second-order valence-corrected chi connectivity index (χ2v) is 5.67. The van der Waals surface area contributed by atoms with Gasteiger partial charge in [0.05, 0.1) is 7.11 Å². The molecule has 120 valence electrons. The number of methoxy groups -OCH3 is 1. The summed E-state index contributed by atoms with van der Waals surface area (Å²) in [6, 6.07) is 22.1. The van der Waals surface area contributed by atoms with Gasteiger partial charge in [-0.05, 0) is 53.6 Å². The first-order valence-corrected chi connectivity index (χ1v) is 7.85. The number of benzene rings is 3. The summed E-state index contributed by atoms with van der Waals surface area (Å²) in [5, 5.41) is 3.54. The van der Waals surface area contributed by atoms with Crippen molar-refractivity contribution in [1.29, 1.82) is 0 Å². The average Bonchev–Trinajstić information content (AvgIpc) is 2.62. The van der Waals surface area contributed by atoms with Gasteiger partial charge in [-0.25, -0.2) is 0 Å². The average molecular weight is 338 g/mol. The Morgan fingerprint density at radius 3 is 2.42 bits per heavy atom. The summed E-state index contributed by atoms with van der Waals surface area (Å²) in [5.41, 5.74) is 3.05. The van der Waals surface area contributed by atoms with Crippen LogP contribution in [-0.4, -0.2) is 13.0 Å². The summed E-state index contributed by atoms with van der Waals surface area (Å²) in [4.78, 5) is 12.7. The number of nitrogens with one attached hydrogen (secondary N) is 1. The SMILES string of the molecule is COc1ccc(NC(=O)c2ccccc2-c2cccc(Cl)c2)cc1. The van der Waals surface area contributed by atoms with E-state index in [0.29, 0.717) is 16.3 Å². The molecule has 1 amide bonds. The van der Waals surface area contributed by atoms with Gasteiger partial charge in [0.2, 0.25) is 0 Å². The number of amides is 1. The summed E-state index contributed by atoms with van der Waals surface area (Å²) in [7, 11) is 1.61. The van der Waals surface area contributed by atoms with Crippen LogP contribution in [0.15, 0.2) is 72.8 Å². The summed E-state index contributed by atoms with van der Waals surface area (Å²) >= 11 is 6.07. The Hall–Kier alpha value is -2.78. The van der Waals surface area contributed by atoms with Crippen molar-refractivity contribution in [2.24, 2.45) is 0 Å². The van der Waals surface area contributed by atoms with Crippen molar-refractivity contribution in [1.82, 2.24) is 0 Å². The number of halogens is 1. The van der Waals surface area contributed by atoms with Crippen LogP contribution >= 0.6 is 11.6 Å². The molecule has 0 saturated carbocycles. The Labute approximate surface area is 145 Å². The van der Waals surface area contributed by atoms with Gasteiger partial charge in [0.25, 0.3) is 5.91 Å². The molecule has 0 aliphatic heterocycles. The van der Waals surface area contributed by atoms with Crippen molar-refractivity contribution in [3.8, 4) is 16.9 Å². The molecule has 0 spiro atoms. The van der Waals surface area contributed by atoms with E-state index in [2.05, 4.69) is 5.32 Å². The fourth-order valence-electron chi connectivity index (χ4n) is 2.46. The number of anilines is 1. The number of carbonyl (C=O) groups excluding carboxylic acids is 1. The fourth-order valence-corrected chi connectivity index (χ4v) is 2.65. The molecule has 3 aromatic rings. The lowest BCUT2D eigenvalue weighted by atomic mass is 9.99. The van der Waals surface area contributed by atoms with Crippen LogP contribution in [0.1, 0.15) is 10.4 Å². The predicted octanol–water partition coefficient (Wildman–Crippen LogP) is 5.27. The Balaban J connectivity index is 1.90. The largest absolute Gasteiger partial charge is 0.497 e. The van der Waals surface area contributed by atoms with Gasteiger partial charge in [0.1, 0.15) is 5.75 Å². The lowest BCUT2D eigenvalue weighted by Gasteiger charge is -2.11. The molecule has 0 aliphatic carbocycles. The highest BCUT2D eigenvalue weighted by atomic mass is 35.5. The van der Waals surface area contributed by atoms with Gasteiger partial charge in [-0.15, -0.1) is 0 Å². The molecule has 0 heterocycles. The van der Waals surface area contributed by atoms with Crippen molar-refractivity contribution < 1.29 is 9.53 Å². The minimum absolute atomic E-state index is 0.171. The summed E-state index contributed by atoms with van der Waals surface area (Å²) in [6.07, 6.45) is 0. The van der Waals surface area contributed by atoms with E-state index in [0.717, 1.165) is 16.9 Å². The van der Waals surface area contributed by atoms with E-state index in [-0.39, 0.29) is 5.91 Å². The van der Waals surface area contributed by atoms with Crippen LogP contribution in [-0.2, 0) is 0 Å². The first kappa shape index (κ1) is 16.1. The zero-order chi connectivity index (χ0) is 16.9. The topological polar surface area (TPSA) is 38.3 Å². The zero-order valence-corrected chi connectivity index (χ0v) is 13.9. The van der Waals surface area contributed by atoms with Gasteiger partial charge < -0.3 is 10.1 Å². The highest BCUT2D eigenvalue weighted by molar-refractivity contribution is 6.30. The maximum absolute atomic E-state index is 12.7. The van der Waals surface area contributed by atoms with Crippen molar-refractivity contribution in [3.05, 3.63) is 83.4 Å². The van der Waals surface area contributed by atoms with E-state index >= 15 is 0 Å². The molecular weight excluding hydrogens is 322 g/mol. The molecule has 0 aliphatic rings. The molecule has 4 heteroatoms. The molecule has 3 nitrogen and oxygen atoms in total. The molecular formula is C20H16ClNO2. The maximum atomic E-state index is 12.7. The number of ether oxygens (including phenoxy) is 1. The highest BCUT2D eigenvalue weighted by Crippen LogP contribution is 2.27. The first-order chi connectivity index (χ1) is 11.7. The number of hydrogen-bond acceptors (Lipinski definition) is 2. The van der Waals surface area contributed by atoms with Crippen LogP contribution in [0.2, 0.25) is 5.02 Å². The molecule has 24 heavy (non-hydrogen) atoms. The molecule has 0 aromatic heterocycles. The van der Waals surface area contributed by atoms with E-state index in [9.17, 15) is 4.79 Å². The molecule has 0 unspecified atom stereocenters. The van der Waals surface area contributed by atoms with Gasteiger partial charge in [-0.2, -0.15) is 0 Å². The van der Waals surface area contributed by atoms with Crippen LogP contribution < -0.4 is 10.1 Å². The van der Waals surface area contributed by atoms with Crippen LogP contribution in [0.4, 0.5) is 5.69 Å². The highest BCUT2D eigenvalue weighted by Gasteiger charge is 2.13. The number of hydrogen-bond donors (Lipinski definition) is 1. The van der Waals surface area contributed by atoms with Crippen LogP contribution in [0.25, 0.3) is 11.1 Å². The van der Waals surface area contributed by atoms with Crippen molar-refractivity contribution in [2.75, 3.05) is 12.4 Å². The summed E-state index contributed by atoms with van der Waals surface area (Å²) < 4.78 is 5.12. The molecule has 1 N–H and O–H groups in total. The Morgan fingerprint density at radius 2 is 1.71 bits per heavy atom. The summed E-state index contributed by atoms with van der Waals surface area (Å²) in [6.45, 7) is 0. The van der Waals surface area contributed by atoms with E-state index < -0.39 is 0 Å². The van der Waals surface area contributed by atoms with Gasteiger partial charge in [-0.3, -0.25) is 4.79 Å². The van der Waals surface area contributed by atoms with E-state index in [4.69, 9.17) is 16.3 Å². The monoisotopic (exact) mass is 337 g/mol. The Bertz CT molecular complexity index is 860. The summed E-state index contributed by atoms with van der Waals surface area (Å²) in [5.74, 6) is 0.572. The molecule has 3 rings (SSSR count). The van der Waals surface area contributed by atoms with Crippen LogP contribution in [0, 0.1) is 0 Å². The Kier molecular flexibility index (Phi) is 4.82. The van der Waals surface area contributed by atoms with Crippen molar-refractivity contribution >= 4 is 23.2 Å². The van der Waals surface area contributed by atoms with E-state index in [1.807, 2.05) is 42.5 Å². The molecule has 0 fully saturated rings. The van der Waals surface area contributed by atoms with E-state index in [1.54, 1.807) is 37.4 Å². The zero-order valence-electron chi connectivity index (χ0n) is 13.1. The predicted molar refractivity (Wildman–Crippen MR) is 97.8 cm³/mol. The third kappa shape index (κ3) is 3.58. The van der Waals surface area contributed by atoms with Gasteiger partial charge in [0.15, 0.2) is 0 Å². The third-order valence-corrected chi connectivity index (χ3v) is 3.89. The molecule has 3 aromatic carbocycles. The van der Waals surface area contributed by atoms with Crippen LogP contribution in [0.5, 0.6) is 5.75 Å². The second kappa shape index (κ2) is 7.20. The molecule has 0 atom stereocenters. The molecule has 0 bridgehead atoms. The normalized spacial score (nSPS) is 10.2. The minimum Gasteiger partial charge on any atom is -0.497 e. The molecule has 0 radical (unpaired) electrons. The fraction of sp³-hybridized carbons (Fsp3) is 0.0500. The maximum Gasteiger partial charge on any atom is 0.256 e. The number of carbonyl (C=O) groups is 1. The molecule has 0 saturated heterocycles. The number of rotatable bonds is 4. The quantitative estimate of drug-likeness (QED) is 0.704. The van der Waals surface area contributed by atoms with Crippen molar-refractivity contribution in [2.45, 2.75) is 0 Å².